The summed E-state index contributed by atoms with van der Waals surface area (Å²) in [6, 6.07) is -1.42. The lowest BCUT2D eigenvalue weighted by Crippen LogP contribution is -2.27. The van der Waals surface area contributed by atoms with Crippen LogP contribution in [0.3, 0.4) is 0 Å². The Hall–Kier alpha value is -2.63. The highest BCUT2D eigenvalue weighted by Gasteiger charge is 2.32. The molecule has 0 saturated carbocycles. The van der Waals surface area contributed by atoms with Crippen molar-refractivity contribution in [2.24, 2.45) is 7.05 Å². The Morgan fingerprint density at radius 3 is 2.33 bits per heavy atom. The van der Waals surface area contributed by atoms with Gasteiger partial charge in [-0.15, -0.1) is 0 Å². The number of anilines is 1. The number of amides is 2. The predicted octanol–water partition coefficient (Wildman–Crippen LogP) is 2.70. The molecule has 2 amide bonds. The van der Waals surface area contributed by atoms with E-state index in [0.29, 0.717) is 4.68 Å². The highest BCUT2D eigenvalue weighted by Crippen LogP contribution is 2.36. The number of halogens is 5. The van der Waals surface area contributed by atoms with Crippen molar-refractivity contribution < 1.29 is 27.2 Å². The summed E-state index contributed by atoms with van der Waals surface area (Å²) in [5, 5.41) is 11.0. The topological polar surface area (TPSA) is 93.8 Å². The van der Waals surface area contributed by atoms with E-state index in [1.54, 1.807) is 0 Å². The van der Waals surface area contributed by atoms with Gasteiger partial charge in [0.2, 0.25) is 5.91 Å². The molecule has 27 heavy (non-hydrogen) atoms. The van der Waals surface area contributed by atoms with Crippen LogP contribution in [-0.4, -0.2) is 38.4 Å². The molecule has 13 heteroatoms. The molecule has 1 atom stereocenters. The first-order valence-corrected chi connectivity index (χ1v) is 7.86. The van der Waals surface area contributed by atoms with Crippen molar-refractivity contribution in [3.05, 3.63) is 28.3 Å². The molecule has 2 aromatic heterocycles. The Morgan fingerprint density at radius 1 is 1.19 bits per heavy atom. The van der Waals surface area contributed by atoms with Gasteiger partial charge in [0.1, 0.15) is 17.4 Å². The average molecular weight is 411 g/mol. The number of nitrogens with one attached hydrogen (secondary N) is 2. The van der Waals surface area contributed by atoms with Crippen LogP contribution in [-0.2, 0) is 11.8 Å². The molecule has 0 spiro atoms. The zero-order chi connectivity index (χ0) is 20.5. The summed E-state index contributed by atoms with van der Waals surface area (Å²) in [7, 11) is 2.86. The number of rotatable bonds is 6. The van der Waals surface area contributed by atoms with Crippen molar-refractivity contribution in [2.45, 2.75) is 25.8 Å². The normalized spacial score (nSPS) is 12.5. The minimum Gasteiger partial charge on any atom is -0.354 e. The smallest absolute Gasteiger partial charge is 0.283 e. The summed E-state index contributed by atoms with van der Waals surface area (Å²) in [6.45, 7) is 1.18. The van der Waals surface area contributed by atoms with Gasteiger partial charge in [0.15, 0.2) is 5.69 Å². The van der Waals surface area contributed by atoms with E-state index in [1.807, 2.05) is 0 Å². The lowest BCUT2D eigenvalue weighted by molar-refractivity contribution is -0.119. The minimum atomic E-state index is -3.23. The molecule has 1 unspecified atom stereocenters. The first kappa shape index (κ1) is 20.7. The second kappa shape index (κ2) is 7.94. The van der Waals surface area contributed by atoms with E-state index >= 15 is 0 Å². The van der Waals surface area contributed by atoms with Gasteiger partial charge in [-0.2, -0.15) is 10.2 Å². The van der Waals surface area contributed by atoms with Crippen LogP contribution in [0.5, 0.6) is 0 Å². The zero-order valence-electron chi connectivity index (χ0n) is 14.3. The van der Waals surface area contributed by atoms with E-state index in [9.17, 15) is 27.2 Å². The quantitative estimate of drug-likeness (QED) is 0.716. The van der Waals surface area contributed by atoms with Gasteiger partial charge in [0, 0.05) is 20.3 Å². The van der Waals surface area contributed by atoms with Crippen LogP contribution in [0.25, 0.3) is 0 Å². The number of alkyl halides is 4. The van der Waals surface area contributed by atoms with Gasteiger partial charge in [-0.3, -0.25) is 14.3 Å². The molecule has 148 valence electrons. The highest BCUT2D eigenvalue weighted by molar-refractivity contribution is 6.32. The molecule has 0 aliphatic heterocycles. The molecule has 0 aliphatic rings. The number of hydrogen-bond donors (Lipinski definition) is 2. The Labute approximate surface area is 155 Å². The SMILES string of the molecule is CNC(=O)c1nn(C)cc1NC(=O)C(C)n1nc(C(F)F)c(Cl)c1C(F)F. The molecular formula is C14H15ClF4N6O2. The van der Waals surface area contributed by atoms with E-state index < -0.39 is 47.1 Å². The zero-order valence-corrected chi connectivity index (χ0v) is 15.1. The molecule has 8 nitrogen and oxygen atoms in total. The molecule has 0 bridgehead atoms. The average Bonchev–Trinajstić information content (AvgIpc) is 3.13. The maximum absolute atomic E-state index is 13.2. The third-order valence-corrected chi connectivity index (χ3v) is 3.99. The molecule has 2 N–H and O–H groups in total. The van der Waals surface area contributed by atoms with Gasteiger partial charge in [0.05, 0.1) is 10.7 Å². The predicted molar refractivity (Wildman–Crippen MR) is 87.1 cm³/mol. The maximum atomic E-state index is 13.2. The van der Waals surface area contributed by atoms with Gasteiger partial charge in [-0.05, 0) is 6.92 Å². The number of aryl methyl sites for hydroxylation is 1. The van der Waals surface area contributed by atoms with E-state index in [4.69, 9.17) is 11.6 Å². The van der Waals surface area contributed by atoms with Crippen LogP contribution in [0.15, 0.2) is 6.20 Å². The molecule has 2 aromatic rings. The second-order valence-corrected chi connectivity index (χ2v) is 5.82. The Kier molecular flexibility index (Phi) is 6.08. The van der Waals surface area contributed by atoms with Gasteiger partial charge in [0.25, 0.3) is 18.8 Å². The Morgan fingerprint density at radius 2 is 1.81 bits per heavy atom. The summed E-state index contributed by atoms with van der Waals surface area (Å²) < 4.78 is 54.0. The van der Waals surface area contributed by atoms with Gasteiger partial charge in [-0.1, -0.05) is 11.6 Å². The second-order valence-electron chi connectivity index (χ2n) is 5.44. The fourth-order valence-corrected chi connectivity index (χ4v) is 2.58. The van der Waals surface area contributed by atoms with Crippen molar-refractivity contribution in [1.82, 2.24) is 24.9 Å². The molecule has 0 fully saturated rings. The van der Waals surface area contributed by atoms with Crippen LogP contribution in [0.4, 0.5) is 23.2 Å². The van der Waals surface area contributed by atoms with Crippen LogP contribution in [0, 0.1) is 0 Å². The first-order valence-electron chi connectivity index (χ1n) is 7.49. The van der Waals surface area contributed by atoms with Gasteiger partial charge < -0.3 is 10.6 Å². The van der Waals surface area contributed by atoms with Crippen LogP contribution in [0.2, 0.25) is 5.02 Å². The van der Waals surface area contributed by atoms with Crippen LogP contribution in [0.1, 0.15) is 47.7 Å². The van der Waals surface area contributed by atoms with Crippen LogP contribution < -0.4 is 10.6 Å². The number of nitrogens with zero attached hydrogens (tertiary/aromatic N) is 4. The maximum Gasteiger partial charge on any atom is 0.283 e. The third-order valence-electron chi connectivity index (χ3n) is 3.60. The van der Waals surface area contributed by atoms with Crippen molar-refractivity contribution in [2.75, 3.05) is 12.4 Å². The van der Waals surface area contributed by atoms with Crippen molar-refractivity contribution in [3.8, 4) is 0 Å². The number of aromatic nitrogens is 4. The molecular weight excluding hydrogens is 396 g/mol. The molecule has 0 radical (unpaired) electrons. The Balaban J connectivity index is 2.36. The van der Waals surface area contributed by atoms with Gasteiger partial charge >= 0.3 is 0 Å². The summed E-state index contributed by atoms with van der Waals surface area (Å²) in [6.07, 6.45) is -5.10. The summed E-state index contributed by atoms with van der Waals surface area (Å²) in [5.74, 6) is -1.47. The molecule has 0 aliphatic carbocycles. The van der Waals surface area contributed by atoms with Gasteiger partial charge in [-0.25, -0.2) is 22.2 Å². The van der Waals surface area contributed by atoms with E-state index in [2.05, 4.69) is 20.8 Å². The highest BCUT2D eigenvalue weighted by atomic mass is 35.5. The summed E-state index contributed by atoms with van der Waals surface area (Å²) >= 11 is 5.58. The molecule has 0 saturated heterocycles. The van der Waals surface area contributed by atoms with Crippen molar-refractivity contribution >= 4 is 29.1 Å². The fraction of sp³-hybridized carbons (Fsp3) is 0.429. The van der Waals surface area contributed by atoms with Crippen LogP contribution >= 0.6 is 11.6 Å². The third kappa shape index (κ3) is 4.04. The number of carbonyl (C=O) groups excluding carboxylic acids is 2. The lowest BCUT2D eigenvalue weighted by Gasteiger charge is -2.15. The minimum absolute atomic E-state index is 0.0135. The largest absolute Gasteiger partial charge is 0.354 e. The first-order chi connectivity index (χ1) is 12.6. The number of hydrogen-bond acceptors (Lipinski definition) is 4. The number of carbonyl (C=O) groups is 2. The standard InChI is InChI=1S/C14H15ClF4N6O2/c1-5(25-10(12(18)19)7(15)9(23-25)11(16)17)13(26)21-6-4-24(3)22-8(6)14(27)20-2/h4-5,11-12H,1-3H3,(H,20,27)(H,21,26). The summed E-state index contributed by atoms with van der Waals surface area (Å²) in [4.78, 5) is 24.2. The van der Waals surface area contributed by atoms with E-state index in [-0.39, 0.29) is 11.4 Å². The van der Waals surface area contributed by atoms with E-state index in [0.717, 1.165) is 0 Å². The summed E-state index contributed by atoms with van der Waals surface area (Å²) in [5.41, 5.74) is -2.13. The Bertz CT molecular complexity index is 866. The lowest BCUT2D eigenvalue weighted by atomic mass is 10.2. The van der Waals surface area contributed by atoms with Crippen molar-refractivity contribution in [1.29, 1.82) is 0 Å². The molecule has 2 heterocycles. The van der Waals surface area contributed by atoms with E-state index in [1.165, 1.54) is 31.9 Å². The van der Waals surface area contributed by atoms with Crippen molar-refractivity contribution in [3.63, 3.8) is 0 Å². The molecule has 2 rings (SSSR count). The monoisotopic (exact) mass is 410 g/mol. The molecule has 0 aromatic carbocycles. The fourth-order valence-electron chi connectivity index (χ4n) is 2.29.